The van der Waals surface area contributed by atoms with Crippen LogP contribution >= 0.6 is 0 Å². The predicted octanol–water partition coefficient (Wildman–Crippen LogP) is 4.54. The van der Waals surface area contributed by atoms with Gasteiger partial charge in [0.15, 0.2) is 0 Å². The van der Waals surface area contributed by atoms with Crippen molar-refractivity contribution < 1.29 is 21.6 Å². The van der Waals surface area contributed by atoms with Crippen LogP contribution in [0, 0.1) is 5.41 Å². The third kappa shape index (κ3) is 5.56. The minimum absolute atomic E-state index is 0.132. The first-order chi connectivity index (χ1) is 19.0. The monoisotopic (exact) mass is 573 g/mol. The molecule has 0 bridgehead atoms. The molecular weight excluding hydrogens is 539 g/mol. The van der Waals surface area contributed by atoms with E-state index in [4.69, 9.17) is 0 Å². The Balaban J connectivity index is 1.06. The van der Waals surface area contributed by atoms with Crippen molar-refractivity contribution in [1.82, 2.24) is 19.2 Å². The van der Waals surface area contributed by atoms with Gasteiger partial charge in [0.25, 0.3) is 0 Å². The lowest BCUT2D eigenvalue weighted by atomic mass is 9.72. The van der Waals surface area contributed by atoms with Crippen molar-refractivity contribution in [3.05, 3.63) is 65.0 Å². The molecule has 3 aromatic rings. The van der Waals surface area contributed by atoms with Crippen molar-refractivity contribution in [3.8, 4) is 0 Å². The fraction of sp³-hybridized carbons (Fsp3) is 0.517. The molecule has 4 heterocycles. The zero-order chi connectivity index (χ0) is 28.1. The molecule has 7 nitrogen and oxygen atoms in total. The van der Waals surface area contributed by atoms with Crippen LogP contribution in [0.2, 0.25) is 0 Å². The average Bonchev–Trinajstić information content (AvgIpc) is 2.91. The van der Waals surface area contributed by atoms with Crippen LogP contribution in [-0.2, 0) is 36.0 Å². The number of likely N-dealkylation sites (tertiary alicyclic amines) is 1. The number of piperidine rings is 1. The maximum Gasteiger partial charge on any atom is 0.393 e. The topological polar surface area (TPSA) is 69.6 Å². The Morgan fingerprint density at radius 1 is 0.950 bits per heavy atom. The van der Waals surface area contributed by atoms with Crippen LogP contribution in [0.15, 0.2) is 42.7 Å². The Bertz CT molecular complexity index is 1510. The number of halogens is 3. The van der Waals surface area contributed by atoms with Gasteiger partial charge in [-0.1, -0.05) is 24.3 Å². The first-order valence-electron chi connectivity index (χ1n) is 13.9. The van der Waals surface area contributed by atoms with E-state index >= 15 is 0 Å². The van der Waals surface area contributed by atoms with Crippen LogP contribution in [0.5, 0.6) is 0 Å². The molecule has 0 amide bonds. The summed E-state index contributed by atoms with van der Waals surface area (Å²) in [6, 6.07) is 11.2. The molecule has 1 aromatic heterocycles. The second kappa shape index (κ2) is 10.3. The fourth-order valence-corrected chi connectivity index (χ4v) is 7.53. The van der Waals surface area contributed by atoms with Gasteiger partial charge in [0.2, 0.25) is 10.0 Å². The molecular formula is C29H34F3N5O2S. The van der Waals surface area contributed by atoms with Crippen molar-refractivity contribution in [2.75, 3.05) is 43.4 Å². The predicted molar refractivity (Wildman–Crippen MR) is 148 cm³/mol. The van der Waals surface area contributed by atoms with Gasteiger partial charge in [-0.15, -0.1) is 0 Å². The number of rotatable bonds is 6. The number of sulfonamides is 1. The molecule has 0 aliphatic carbocycles. The Morgan fingerprint density at radius 3 is 2.42 bits per heavy atom. The SMILES string of the molecule is CCS(=O)(=O)N1CCc2cc(CN3CCC4(CC3)CN(c3ncnc5ccc(CC(F)(F)F)cc35)C4)ccc2C1. The molecule has 0 radical (unpaired) electrons. The van der Waals surface area contributed by atoms with Gasteiger partial charge in [-0.3, -0.25) is 4.90 Å². The van der Waals surface area contributed by atoms with Crippen molar-refractivity contribution in [3.63, 3.8) is 0 Å². The second-order valence-corrected chi connectivity index (χ2v) is 13.8. The Kier molecular flexibility index (Phi) is 7.03. The molecule has 3 aliphatic rings. The molecule has 2 saturated heterocycles. The molecule has 40 heavy (non-hydrogen) atoms. The summed E-state index contributed by atoms with van der Waals surface area (Å²) in [6.07, 6.45) is -0.831. The molecule has 11 heteroatoms. The highest BCUT2D eigenvalue weighted by Gasteiger charge is 2.45. The molecule has 1 spiro atoms. The summed E-state index contributed by atoms with van der Waals surface area (Å²) in [6.45, 7) is 7.26. The normalized spacial score (nSPS) is 20.1. The number of nitrogens with zero attached hydrogens (tertiary/aromatic N) is 5. The minimum atomic E-state index is -4.25. The summed E-state index contributed by atoms with van der Waals surface area (Å²) < 4.78 is 65.0. The molecule has 0 saturated carbocycles. The Morgan fingerprint density at radius 2 is 1.70 bits per heavy atom. The average molecular weight is 574 g/mol. The number of hydrogen-bond donors (Lipinski definition) is 0. The molecule has 0 unspecified atom stereocenters. The van der Waals surface area contributed by atoms with Crippen molar-refractivity contribution in [1.29, 1.82) is 0 Å². The third-order valence-electron chi connectivity index (χ3n) is 8.76. The lowest BCUT2D eigenvalue weighted by Gasteiger charge is -2.54. The minimum Gasteiger partial charge on any atom is -0.355 e. The Hall–Kier alpha value is -2.76. The highest BCUT2D eigenvalue weighted by molar-refractivity contribution is 7.89. The second-order valence-electron chi connectivity index (χ2n) is 11.6. The van der Waals surface area contributed by atoms with E-state index in [2.05, 4.69) is 38.0 Å². The highest BCUT2D eigenvalue weighted by Crippen LogP contribution is 2.44. The van der Waals surface area contributed by atoms with Gasteiger partial charge in [0.1, 0.15) is 12.1 Å². The third-order valence-corrected chi connectivity index (χ3v) is 10.6. The van der Waals surface area contributed by atoms with Crippen LogP contribution in [0.4, 0.5) is 19.0 Å². The van der Waals surface area contributed by atoms with E-state index in [0.717, 1.165) is 63.4 Å². The highest BCUT2D eigenvalue weighted by atomic mass is 32.2. The van der Waals surface area contributed by atoms with Gasteiger partial charge in [-0.05, 0) is 73.7 Å². The summed E-state index contributed by atoms with van der Waals surface area (Å²) in [5, 5.41) is 0.680. The Labute approximate surface area is 233 Å². The van der Waals surface area contributed by atoms with Crippen LogP contribution < -0.4 is 4.90 Å². The number of benzene rings is 2. The molecule has 0 N–H and O–H groups in total. The van der Waals surface area contributed by atoms with Crippen molar-refractivity contribution >= 4 is 26.7 Å². The number of aromatic nitrogens is 2. The maximum absolute atomic E-state index is 13.0. The summed E-state index contributed by atoms with van der Waals surface area (Å²) in [5.74, 6) is 0.856. The van der Waals surface area contributed by atoms with Crippen molar-refractivity contribution in [2.45, 2.75) is 51.9 Å². The number of fused-ring (bicyclic) bond motifs is 2. The molecule has 0 atom stereocenters. The lowest BCUT2D eigenvalue weighted by Crippen LogP contribution is -2.60. The van der Waals surface area contributed by atoms with Crippen LogP contribution in [-0.4, -0.2) is 72.2 Å². The summed E-state index contributed by atoms with van der Waals surface area (Å²) in [7, 11) is -3.17. The van der Waals surface area contributed by atoms with Gasteiger partial charge >= 0.3 is 6.18 Å². The van der Waals surface area contributed by atoms with Gasteiger partial charge in [-0.25, -0.2) is 18.4 Å². The maximum atomic E-state index is 13.0. The molecule has 214 valence electrons. The quantitative estimate of drug-likeness (QED) is 0.431. The van der Waals surface area contributed by atoms with E-state index in [-0.39, 0.29) is 16.7 Å². The van der Waals surface area contributed by atoms with E-state index in [1.54, 1.807) is 23.4 Å². The molecule has 2 aromatic carbocycles. The zero-order valence-electron chi connectivity index (χ0n) is 22.6. The lowest BCUT2D eigenvalue weighted by molar-refractivity contribution is -0.127. The first kappa shape index (κ1) is 27.4. The zero-order valence-corrected chi connectivity index (χ0v) is 23.4. The van der Waals surface area contributed by atoms with E-state index in [9.17, 15) is 21.6 Å². The molecule has 6 rings (SSSR count). The number of hydrogen-bond acceptors (Lipinski definition) is 6. The number of alkyl halides is 3. The standard InChI is InChI=1S/C29H34F3N5O2S/c1-2-40(38,39)37-10-7-23-13-22(3-5-24(23)17-37)16-35-11-8-28(9-12-35)18-36(19-28)27-25-14-21(15-29(30,31)32)4-6-26(25)33-20-34-27/h3-6,13-14,20H,2,7-12,15-19H2,1H3. The van der Waals surface area contributed by atoms with Gasteiger partial charge in [-0.2, -0.15) is 17.5 Å². The smallest absolute Gasteiger partial charge is 0.355 e. The van der Waals surface area contributed by atoms with Crippen LogP contribution in [0.1, 0.15) is 42.0 Å². The van der Waals surface area contributed by atoms with E-state index < -0.39 is 22.6 Å². The summed E-state index contributed by atoms with van der Waals surface area (Å²) >= 11 is 0. The number of anilines is 1. The molecule has 3 aliphatic heterocycles. The molecule has 2 fully saturated rings. The van der Waals surface area contributed by atoms with E-state index in [0.29, 0.717) is 24.0 Å². The van der Waals surface area contributed by atoms with Gasteiger partial charge in [0.05, 0.1) is 17.7 Å². The van der Waals surface area contributed by atoms with Gasteiger partial charge in [0, 0.05) is 43.5 Å². The summed E-state index contributed by atoms with van der Waals surface area (Å²) in [4.78, 5) is 13.4. The fourth-order valence-electron chi connectivity index (χ4n) is 6.46. The van der Waals surface area contributed by atoms with E-state index in [1.807, 2.05) is 0 Å². The van der Waals surface area contributed by atoms with Crippen LogP contribution in [0.3, 0.4) is 0 Å². The largest absolute Gasteiger partial charge is 0.393 e. The van der Waals surface area contributed by atoms with Gasteiger partial charge < -0.3 is 4.90 Å². The van der Waals surface area contributed by atoms with Crippen LogP contribution in [0.25, 0.3) is 10.9 Å². The van der Waals surface area contributed by atoms with Crippen molar-refractivity contribution in [2.24, 2.45) is 5.41 Å². The summed E-state index contributed by atoms with van der Waals surface area (Å²) in [5.41, 5.74) is 4.71. The first-order valence-corrected chi connectivity index (χ1v) is 15.5. The van der Waals surface area contributed by atoms with E-state index in [1.165, 1.54) is 23.5 Å².